The fourth-order valence-electron chi connectivity index (χ4n) is 3.30. The Labute approximate surface area is 119 Å². The normalized spacial score (nSPS) is 30.6. The van der Waals surface area contributed by atoms with Gasteiger partial charge in [0.2, 0.25) is 0 Å². The highest BCUT2D eigenvalue weighted by molar-refractivity contribution is 4.83. The molecule has 3 nitrogen and oxygen atoms in total. The number of nitrogens with zero attached hydrogens (tertiary/aromatic N) is 2. The topological polar surface area (TPSA) is 18.5 Å². The molecule has 0 aromatic rings. The summed E-state index contributed by atoms with van der Waals surface area (Å²) in [6.45, 7) is 6.11. The second kappa shape index (κ2) is 7.09. The van der Waals surface area contributed by atoms with Crippen LogP contribution in [0.4, 0.5) is 13.2 Å². The Hall–Kier alpha value is -0.330. The van der Waals surface area contributed by atoms with Gasteiger partial charge in [0.1, 0.15) is 0 Å². The monoisotopic (exact) mass is 293 g/mol. The fraction of sp³-hybridized carbons (Fsp3) is 1.00. The van der Waals surface area contributed by atoms with Crippen molar-refractivity contribution in [3.05, 3.63) is 0 Å². The number of hydrogen-bond acceptors (Lipinski definition) is 3. The Morgan fingerprint density at radius 2 is 1.75 bits per heavy atom. The third kappa shape index (κ3) is 5.22. The number of rotatable bonds is 4. The SMILES string of the molecule is CCC1CCNC(CN2CCN(CC(F)(F)F)CC2)C1. The van der Waals surface area contributed by atoms with Crippen molar-refractivity contribution >= 4 is 0 Å². The lowest BCUT2D eigenvalue weighted by molar-refractivity contribution is -0.149. The van der Waals surface area contributed by atoms with Gasteiger partial charge in [-0.15, -0.1) is 0 Å². The Morgan fingerprint density at radius 3 is 2.35 bits per heavy atom. The van der Waals surface area contributed by atoms with Gasteiger partial charge in [-0.3, -0.25) is 9.80 Å². The van der Waals surface area contributed by atoms with Crippen molar-refractivity contribution in [3.63, 3.8) is 0 Å². The number of alkyl halides is 3. The van der Waals surface area contributed by atoms with Crippen molar-refractivity contribution in [1.82, 2.24) is 15.1 Å². The molecule has 0 amide bonds. The standard InChI is InChI=1S/C14H26F3N3/c1-2-12-3-4-18-13(9-12)10-19-5-7-20(8-6-19)11-14(15,16)17/h12-13,18H,2-11H2,1H3. The Kier molecular flexibility index (Phi) is 5.69. The summed E-state index contributed by atoms with van der Waals surface area (Å²) >= 11 is 0. The lowest BCUT2D eigenvalue weighted by Gasteiger charge is -2.38. The van der Waals surface area contributed by atoms with Crippen LogP contribution < -0.4 is 5.32 Å². The van der Waals surface area contributed by atoms with E-state index >= 15 is 0 Å². The van der Waals surface area contributed by atoms with Crippen LogP contribution in [0.1, 0.15) is 26.2 Å². The Bertz CT molecular complexity index is 288. The van der Waals surface area contributed by atoms with Crippen LogP contribution >= 0.6 is 0 Å². The maximum absolute atomic E-state index is 12.3. The minimum atomic E-state index is -4.07. The van der Waals surface area contributed by atoms with E-state index in [9.17, 15) is 13.2 Å². The molecule has 0 saturated carbocycles. The molecule has 6 heteroatoms. The molecule has 2 atom stereocenters. The van der Waals surface area contributed by atoms with Crippen LogP contribution in [0.5, 0.6) is 0 Å². The van der Waals surface area contributed by atoms with Crippen molar-refractivity contribution in [1.29, 1.82) is 0 Å². The molecule has 0 bridgehead atoms. The van der Waals surface area contributed by atoms with Gasteiger partial charge < -0.3 is 5.32 Å². The summed E-state index contributed by atoms with van der Waals surface area (Å²) in [5.74, 6) is 0.813. The van der Waals surface area contributed by atoms with Crippen LogP contribution in [0.3, 0.4) is 0 Å². The van der Waals surface area contributed by atoms with Gasteiger partial charge in [0.25, 0.3) is 0 Å². The maximum Gasteiger partial charge on any atom is 0.401 e. The number of nitrogens with one attached hydrogen (secondary N) is 1. The van der Waals surface area contributed by atoms with Crippen molar-refractivity contribution in [2.75, 3.05) is 45.8 Å². The zero-order chi connectivity index (χ0) is 14.6. The molecule has 0 aromatic heterocycles. The van der Waals surface area contributed by atoms with E-state index < -0.39 is 12.7 Å². The van der Waals surface area contributed by atoms with Crippen molar-refractivity contribution in [2.45, 2.75) is 38.4 Å². The lowest BCUT2D eigenvalue weighted by atomic mass is 9.90. The summed E-state index contributed by atoms with van der Waals surface area (Å²) in [7, 11) is 0. The van der Waals surface area contributed by atoms with Crippen molar-refractivity contribution in [3.8, 4) is 0 Å². The van der Waals surface area contributed by atoms with Crippen molar-refractivity contribution in [2.24, 2.45) is 5.92 Å². The van der Waals surface area contributed by atoms with Gasteiger partial charge in [-0.2, -0.15) is 13.2 Å². The zero-order valence-corrected chi connectivity index (χ0v) is 12.3. The van der Waals surface area contributed by atoms with Gasteiger partial charge in [0, 0.05) is 38.8 Å². The molecule has 0 radical (unpaired) electrons. The molecule has 2 rings (SSSR count). The second-order valence-corrected chi connectivity index (χ2v) is 6.14. The largest absolute Gasteiger partial charge is 0.401 e. The van der Waals surface area contributed by atoms with Crippen LogP contribution in [0.25, 0.3) is 0 Å². The van der Waals surface area contributed by atoms with Gasteiger partial charge in [0.05, 0.1) is 6.54 Å². The summed E-state index contributed by atoms with van der Waals surface area (Å²) in [6.07, 6.45) is -0.370. The quantitative estimate of drug-likeness (QED) is 0.854. The molecule has 20 heavy (non-hydrogen) atoms. The first kappa shape index (κ1) is 16.0. The van der Waals surface area contributed by atoms with Gasteiger partial charge in [0.15, 0.2) is 0 Å². The molecular weight excluding hydrogens is 267 g/mol. The van der Waals surface area contributed by atoms with E-state index in [1.807, 2.05) is 0 Å². The molecular formula is C14H26F3N3. The van der Waals surface area contributed by atoms with Gasteiger partial charge in [-0.1, -0.05) is 13.3 Å². The number of hydrogen-bond donors (Lipinski definition) is 1. The number of piperazine rings is 1. The number of halogens is 3. The average molecular weight is 293 g/mol. The molecule has 0 aromatic carbocycles. The first-order valence-corrected chi connectivity index (χ1v) is 7.71. The minimum Gasteiger partial charge on any atom is -0.313 e. The highest BCUT2D eigenvalue weighted by Crippen LogP contribution is 2.21. The summed E-state index contributed by atoms with van der Waals surface area (Å²) < 4.78 is 37.0. The zero-order valence-electron chi connectivity index (χ0n) is 12.3. The van der Waals surface area contributed by atoms with Gasteiger partial charge in [-0.05, 0) is 25.3 Å². The lowest BCUT2D eigenvalue weighted by Crippen LogP contribution is -2.53. The van der Waals surface area contributed by atoms with E-state index in [1.54, 1.807) is 0 Å². The van der Waals surface area contributed by atoms with Crippen LogP contribution in [0.2, 0.25) is 0 Å². The molecule has 118 valence electrons. The van der Waals surface area contributed by atoms with E-state index in [2.05, 4.69) is 17.1 Å². The van der Waals surface area contributed by atoms with Crippen LogP contribution in [-0.2, 0) is 0 Å². The summed E-state index contributed by atoms with van der Waals surface area (Å²) in [6, 6.07) is 0.517. The molecule has 2 heterocycles. The molecule has 2 unspecified atom stereocenters. The average Bonchev–Trinajstić information content (AvgIpc) is 2.40. The van der Waals surface area contributed by atoms with E-state index in [-0.39, 0.29) is 0 Å². The van der Waals surface area contributed by atoms with Crippen LogP contribution in [0.15, 0.2) is 0 Å². The molecule has 2 saturated heterocycles. The third-order valence-electron chi connectivity index (χ3n) is 4.53. The van der Waals surface area contributed by atoms with Gasteiger partial charge >= 0.3 is 6.18 Å². The highest BCUT2D eigenvalue weighted by Gasteiger charge is 2.32. The highest BCUT2D eigenvalue weighted by atomic mass is 19.4. The maximum atomic E-state index is 12.3. The van der Waals surface area contributed by atoms with E-state index in [0.29, 0.717) is 19.1 Å². The van der Waals surface area contributed by atoms with Gasteiger partial charge in [-0.25, -0.2) is 0 Å². The molecule has 2 aliphatic heterocycles. The van der Waals surface area contributed by atoms with Crippen molar-refractivity contribution < 1.29 is 13.2 Å². The first-order valence-electron chi connectivity index (χ1n) is 7.71. The minimum absolute atomic E-state index is 0.517. The van der Waals surface area contributed by atoms with E-state index in [4.69, 9.17) is 0 Å². The summed E-state index contributed by atoms with van der Waals surface area (Å²) in [5.41, 5.74) is 0. The Morgan fingerprint density at radius 1 is 1.10 bits per heavy atom. The second-order valence-electron chi connectivity index (χ2n) is 6.14. The van der Waals surface area contributed by atoms with E-state index in [0.717, 1.165) is 32.1 Å². The first-order chi connectivity index (χ1) is 9.46. The molecule has 0 spiro atoms. The number of piperidine rings is 1. The van der Waals surface area contributed by atoms with Crippen LogP contribution in [-0.4, -0.2) is 67.8 Å². The fourth-order valence-corrected chi connectivity index (χ4v) is 3.30. The molecule has 0 aliphatic carbocycles. The summed E-state index contributed by atoms with van der Waals surface area (Å²) in [5, 5.41) is 3.54. The smallest absolute Gasteiger partial charge is 0.313 e. The molecule has 2 fully saturated rings. The predicted molar refractivity (Wildman–Crippen MR) is 73.7 cm³/mol. The third-order valence-corrected chi connectivity index (χ3v) is 4.53. The summed E-state index contributed by atoms with van der Waals surface area (Å²) in [4.78, 5) is 3.82. The Balaban J connectivity index is 1.69. The van der Waals surface area contributed by atoms with Crippen LogP contribution in [0, 0.1) is 5.92 Å². The molecule has 1 N–H and O–H groups in total. The predicted octanol–water partition coefficient (Wildman–Crippen LogP) is 1.94. The molecule has 2 aliphatic rings. The van der Waals surface area contributed by atoms with E-state index in [1.165, 1.54) is 24.2 Å².